The van der Waals surface area contributed by atoms with Crippen LogP contribution < -0.4 is 19.7 Å². The van der Waals surface area contributed by atoms with Crippen molar-refractivity contribution >= 4 is 40.2 Å². The summed E-state index contributed by atoms with van der Waals surface area (Å²) in [6.45, 7) is 4.15. The normalized spacial score (nSPS) is 14.2. The van der Waals surface area contributed by atoms with Gasteiger partial charge >= 0.3 is 18.4 Å². The van der Waals surface area contributed by atoms with Crippen molar-refractivity contribution in [1.82, 2.24) is 14.8 Å². The van der Waals surface area contributed by atoms with Crippen LogP contribution in [0.2, 0.25) is 0 Å². The average molecular weight is 625 g/mol. The van der Waals surface area contributed by atoms with Gasteiger partial charge in [-0.1, -0.05) is 49.4 Å². The molecule has 10 nitrogen and oxygen atoms in total. The summed E-state index contributed by atoms with van der Waals surface area (Å²) in [4.78, 5) is 35.3. The van der Waals surface area contributed by atoms with E-state index in [1.807, 2.05) is 25.1 Å². The summed E-state index contributed by atoms with van der Waals surface area (Å²) in [6.07, 6.45) is -1.68. The maximum Gasteiger partial charge on any atom is 0.573 e. The van der Waals surface area contributed by atoms with Crippen LogP contribution in [-0.4, -0.2) is 44.0 Å². The zero-order valence-corrected chi connectivity index (χ0v) is 24.5. The number of carbonyl (C=O) groups excluding carboxylic acids is 2. The number of amides is 3. The summed E-state index contributed by atoms with van der Waals surface area (Å²) in [5.41, 5.74) is 4.53. The molecule has 0 unspecified atom stereocenters. The van der Waals surface area contributed by atoms with Gasteiger partial charge < -0.3 is 14.8 Å². The lowest BCUT2D eigenvalue weighted by Crippen LogP contribution is -2.31. The summed E-state index contributed by atoms with van der Waals surface area (Å²) in [6, 6.07) is 17.5. The number of aliphatic imine (C=N–C) groups is 1. The van der Waals surface area contributed by atoms with E-state index in [-0.39, 0.29) is 30.0 Å². The van der Waals surface area contributed by atoms with Gasteiger partial charge in [-0.25, -0.2) is 9.48 Å². The molecule has 0 radical (unpaired) electrons. The van der Waals surface area contributed by atoms with Crippen molar-refractivity contribution in [3.63, 3.8) is 0 Å². The van der Waals surface area contributed by atoms with Gasteiger partial charge in [0.25, 0.3) is 0 Å². The Kier molecular flexibility index (Phi) is 9.18. The number of aromatic nitrogens is 3. The second-order valence-electron chi connectivity index (χ2n) is 9.72. The lowest BCUT2D eigenvalue weighted by molar-refractivity contribution is -0.274. The van der Waals surface area contributed by atoms with E-state index in [9.17, 15) is 22.8 Å². The van der Waals surface area contributed by atoms with E-state index in [1.54, 1.807) is 24.3 Å². The van der Waals surface area contributed by atoms with Crippen LogP contribution in [0.5, 0.6) is 11.8 Å². The summed E-state index contributed by atoms with van der Waals surface area (Å²) >= 11 is 1.22. The van der Waals surface area contributed by atoms with Crippen LogP contribution in [0.25, 0.3) is 5.69 Å². The largest absolute Gasteiger partial charge is 0.573 e. The van der Waals surface area contributed by atoms with Gasteiger partial charge in [-0.05, 0) is 72.5 Å². The van der Waals surface area contributed by atoms with Gasteiger partial charge in [0.1, 0.15) is 18.7 Å². The highest BCUT2D eigenvalue weighted by molar-refractivity contribution is 8.15. The van der Waals surface area contributed by atoms with E-state index < -0.39 is 12.4 Å². The molecule has 228 valence electrons. The Morgan fingerprint density at radius 2 is 1.84 bits per heavy atom. The van der Waals surface area contributed by atoms with Crippen molar-refractivity contribution in [2.45, 2.75) is 39.7 Å². The predicted molar refractivity (Wildman–Crippen MR) is 160 cm³/mol. The first kappa shape index (κ1) is 30.6. The van der Waals surface area contributed by atoms with Crippen LogP contribution >= 0.6 is 11.8 Å². The number of rotatable bonds is 9. The first-order chi connectivity index (χ1) is 21.1. The summed E-state index contributed by atoms with van der Waals surface area (Å²) in [7, 11) is 0. The van der Waals surface area contributed by atoms with Gasteiger partial charge in [-0.3, -0.25) is 9.69 Å². The number of alkyl halides is 3. The first-order valence-electron chi connectivity index (χ1n) is 13.5. The Bertz CT molecular complexity index is 1670. The molecular weight excluding hydrogens is 597 g/mol. The van der Waals surface area contributed by atoms with Crippen LogP contribution in [0, 0.1) is 6.92 Å². The second-order valence-corrected chi connectivity index (χ2v) is 10.7. The third-order valence-electron chi connectivity index (χ3n) is 6.34. The Hall–Kier alpha value is -4.85. The highest BCUT2D eigenvalue weighted by atomic mass is 32.2. The molecule has 44 heavy (non-hydrogen) atoms. The number of halogens is 3. The van der Waals surface area contributed by atoms with Crippen LogP contribution in [0.15, 0.2) is 78.0 Å². The Morgan fingerprint density at radius 3 is 2.55 bits per heavy atom. The van der Waals surface area contributed by atoms with E-state index in [0.29, 0.717) is 16.5 Å². The lowest BCUT2D eigenvalue weighted by Gasteiger charge is -2.20. The fourth-order valence-corrected chi connectivity index (χ4v) is 5.21. The van der Waals surface area contributed by atoms with Crippen LogP contribution in [0.1, 0.15) is 30.0 Å². The third kappa shape index (κ3) is 7.75. The summed E-state index contributed by atoms with van der Waals surface area (Å²) in [5, 5.41) is 7.24. The van der Waals surface area contributed by atoms with E-state index in [4.69, 9.17) is 4.74 Å². The maximum absolute atomic E-state index is 12.8. The van der Waals surface area contributed by atoms with E-state index in [1.165, 1.54) is 51.9 Å². The Balaban J connectivity index is 1.17. The van der Waals surface area contributed by atoms with E-state index in [2.05, 4.69) is 32.1 Å². The maximum atomic E-state index is 12.8. The minimum atomic E-state index is -4.77. The van der Waals surface area contributed by atoms with Crippen molar-refractivity contribution in [2.24, 2.45) is 4.99 Å². The number of hydrogen-bond acceptors (Lipinski definition) is 7. The number of aryl methyl sites for hydroxylation is 2. The Morgan fingerprint density at radius 1 is 1.09 bits per heavy atom. The van der Waals surface area contributed by atoms with Gasteiger partial charge in [-0.2, -0.15) is 9.98 Å². The zero-order valence-electron chi connectivity index (χ0n) is 23.7. The Labute approximate surface area is 254 Å². The quantitative estimate of drug-likeness (QED) is 0.221. The van der Waals surface area contributed by atoms with Crippen LogP contribution in [0.4, 0.5) is 29.3 Å². The fourth-order valence-electron chi connectivity index (χ4n) is 4.35. The van der Waals surface area contributed by atoms with Crippen molar-refractivity contribution < 1.29 is 32.2 Å². The molecule has 2 heterocycles. The standard InChI is InChI=1S/C30H27F3N6O4S/c1-3-4-21-8-5-19(2)15-25(21)39-26(40)17-44-29(39)36-27(41)35-22-9-6-20(7-10-22)16-42-28-34-18-38(37-28)23-11-13-24(14-12-23)43-30(31,32)33/h5-15,18H,3-4,16-17H2,1-2H3,(H,35,41). The average Bonchev–Trinajstić information content (AvgIpc) is 3.60. The number of nitrogens with one attached hydrogen (secondary N) is 1. The molecule has 1 aliphatic heterocycles. The smallest absolute Gasteiger partial charge is 0.458 e. The molecule has 0 spiro atoms. The summed E-state index contributed by atoms with van der Waals surface area (Å²) < 4.78 is 47.9. The molecule has 1 saturated heterocycles. The molecule has 3 aromatic carbocycles. The number of nitrogens with zero attached hydrogens (tertiary/aromatic N) is 5. The first-order valence-corrected chi connectivity index (χ1v) is 14.5. The van der Waals surface area contributed by atoms with E-state index >= 15 is 0 Å². The van der Waals surface area contributed by atoms with Crippen molar-refractivity contribution in [3.05, 3.63) is 89.7 Å². The molecule has 1 aromatic heterocycles. The predicted octanol–water partition coefficient (Wildman–Crippen LogP) is 6.67. The highest BCUT2D eigenvalue weighted by Gasteiger charge is 2.32. The SMILES string of the molecule is CCCc1ccc(C)cc1N1C(=O)CSC1=NC(=O)Nc1ccc(COc2ncn(-c3ccc(OC(F)(F)F)cc3)n2)cc1. The van der Waals surface area contributed by atoms with Gasteiger partial charge in [0.15, 0.2) is 5.17 Å². The highest BCUT2D eigenvalue weighted by Crippen LogP contribution is 2.31. The van der Waals surface area contributed by atoms with Crippen LogP contribution in [0.3, 0.4) is 0 Å². The molecule has 0 saturated carbocycles. The van der Waals surface area contributed by atoms with Gasteiger partial charge in [0, 0.05) is 5.69 Å². The molecule has 0 bridgehead atoms. The van der Waals surface area contributed by atoms with Crippen LogP contribution in [-0.2, 0) is 17.8 Å². The minimum absolute atomic E-state index is 0.0673. The number of anilines is 2. The lowest BCUT2D eigenvalue weighted by atomic mass is 10.0. The van der Waals surface area contributed by atoms with Gasteiger partial charge in [0.2, 0.25) is 5.91 Å². The molecular formula is C30H27F3N6O4S. The monoisotopic (exact) mass is 624 g/mol. The van der Waals surface area contributed by atoms with Gasteiger partial charge in [-0.15, -0.1) is 18.3 Å². The fraction of sp³-hybridized carbons (Fsp3) is 0.233. The number of urea groups is 1. The molecule has 5 rings (SSSR count). The molecule has 0 atom stereocenters. The molecule has 1 fully saturated rings. The molecule has 0 aliphatic carbocycles. The number of amidine groups is 1. The molecule has 3 amide bonds. The molecule has 14 heteroatoms. The van der Waals surface area contributed by atoms with Gasteiger partial charge in [0.05, 0.1) is 17.1 Å². The molecule has 1 aliphatic rings. The number of benzene rings is 3. The third-order valence-corrected chi connectivity index (χ3v) is 7.27. The van der Waals surface area contributed by atoms with Crippen molar-refractivity contribution in [2.75, 3.05) is 16.0 Å². The second kappa shape index (κ2) is 13.2. The number of hydrogen-bond donors (Lipinski definition) is 1. The van der Waals surface area contributed by atoms with E-state index in [0.717, 1.165) is 35.2 Å². The van der Waals surface area contributed by atoms with Crippen molar-refractivity contribution in [1.29, 1.82) is 0 Å². The van der Waals surface area contributed by atoms with Crippen molar-refractivity contribution in [3.8, 4) is 17.4 Å². The molecule has 4 aromatic rings. The number of ether oxygens (including phenoxy) is 2. The minimum Gasteiger partial charge on any atom is -0.458 e. The summed E-state index contributed by atoms with van der Waals surface area (Å²) in [5.74, 6) is -0.263. The molecule has 1 N–H and O–H groups in total. The zero-order chi connectivity index (χ0) is 31.3. The number of carbonyl (C=O) groups is 2. The topological polar surface area (TPSA) is 111 Å². The number of thioether (sulfide) groups is 1.